The predicted octanol–water partition coefficient (Wildman–Crippen LogP) is 4.73. The van der Waals surface area contributed by atoms with E-state index in [-0.39, 0.29) is 57.3 Å². The van der Waals surface area contributed by atoms with Crippen molar-refractivity contribution in [1.82, 2.24) is 0 Å². The van der Waals surface area contributed by atoms with E-state index in [1.807, 2.05) is 0 Å². The average Bonchev–Trinajstić information content (AvgIpc) is 2.57. The van der Waals surface area contributed by atoms with Crippen LogP contribution in [0.1, 0.15) is 117 Å². The van der Waals surface area contributed by atoms with Crippen LogP contribution in [0.25, 0.3) is 5.32 Å². The molecule has 0 spiro atoms. The third-order valence-electron chi connectivity index (χ3n) is 4.63. The van der Waals surface area contributed by atoms with Crippen LogP contribution >= 0.6 is 0 Å². The second kappa shape index (κ2) is 22.9. The van der Waals surface area contributed by atoms with Crippen LogP contribution in [0.2, 0.25) is 0 Å². The minimum atomic E-state index is -0.129. The van der Waals surface area contributed by atoms with Crippen LogP contribution in [0.3, 0.4) is 0 Å². The van der Waals surface area contributed by atoms with Crippen LogP contribution < -0.4 is 51.4 Å². The standard InChI is InChI=1S/C22H43NO.K/c1-4-5-6-7-8-9-10-11-12-13-14-15-16-17-18-19-20-23-22(24)21(2)3;/h2,4-20H2,1,3H3,(H,23,24);/q;+1/p-1. The summed E-state index contributed by atoms with van der Waals surface area (Å²) in [5.74, 6) is -0.129. The quantitative estimate of drug-likeness (QED) is 0.194. The molecular weight excluding hydrogens is 333 g/mol. The summed E-state index contributed by atoms with van der Waals surface area (Å²) in [6.07, 6.45) is 21.9. The zero-order valence-electron chi connectivity index (χ0n) is 17.6. The first-order chi connectivity index (χ1) is 11.7. The maximum Gasteiger partial charge on any atom is 1.00 e. The fourth-order valence-electron chi connectivity index (χ4n) is 2.98. The molecule has 0 rings (SSSR count). The van der Waals surface area contributed by atoms with E-state index < -0.39 is 0 Å². The molecule has 0 N–H and O–H groups in total. The van der Waals surface area contributed by atoms with E-state index in [0.29, 0.717) is 12.1 Å². The molecule has 0 aliphatic heterocycles. The summed E-state index contributed by atoms with van der Waals surface area (Å²) in [7, 11) is 0. The van der Waals surface area contributed by atoms with Crippen molar-refractivity contribution in [2.45, 2.75) is 117 Å². The Bertz CT molecular complexity index is 304. The Morgan fingerprint density at radius 3 is 1.32 bits per heavy atom. The van der Waals surface area contributed by atoms with Crippen LogP contribution in [-0.4, -0.2) is 12.5 Å². The van der Waals surface area contributed by atoms with Crippen molar-refractivity contribution in [2.24, 2.45) is 0 Å². The van der Waals surface area contributed by atoms with Crippen molar-refractivity contribution in [1.29, 1.82) is 0 Å². The zero-order valence-corrected chi connectivity index (χ0v) is 20.7. The first kappa shape index (κ1) is 28.1. The number of hydrogen-bond donors (Lipinski definition) is 0. The molecule has 0 fully saturated rings. The molecule has 0 unspecified atom stereocenters. The molecule has 0 heterocycles. The molecule has 0 aromatic carbocycles. The summed E-state index contributed by atoms with van der Waals surface area (Å²) in [5, 5.41) is 3.99. The van der Waals surface area contributed by atoms with Crippen molar-refractivity contribution in [2.75, 3.05) is 6.54 Å². The van der Waals surface area contributed by atoms with Gasteiger partial charge in [-0.05, 0) is 12.5 Å². The van der Waals surface area contributed by atoms with Gasteiger partial charge in [0.2, 0.25) is 0 Å². The number of nitrogens with zero attached hydrogens (tertiary/aromatic N) is 1. The summed E-state index contributed by atoms with van der Waals surface area (Å²) in [5.41, 5.74) is 0.548. The van der Waals surface area contributed by atoms with E-state index in [0.717, 1.165) is 6.42 Å². The van der Waals surface area contributed by atoms with E-state index in [1.165, 1.54) is 96.3 Å². The third-order valence-corrected chi connectivity index (χ3v) is 4.63. The Balaban J connectivity index is 0. The fourth-order valence-corrected chi connectivity index (χ4v) is 2.98. The van der Waals surface area contributed by atoms with E-state index >= 15 is 0 Å². The van der Waals surface area contributed by atoms with Gasteiger partial charge in [0.1, 0.15) is 0 Å². The van der Waals surface area contributed by atoms with Crippen molar-refractivity contribution in [3.63, 3.8) is 0 Å². The number of hydrogen-bond acceptors (Lipinski definition) is 1. The van der Waals surface area contributed by atoms with Crippen LogP contribution in [0.5, 0.6) is 0 Å². The summed E-state index contributed by atoms with van der Waals surface area (Å²) in [4.78, 5) is 11.2. The van der Waals surface area contributed by atoms with Crippen LogP contribution in [0, 0.1) is 0 Å². The molecule has 0 atom stereocenters. The minimum Gasteiger partial charge on any atom is -0.649 e. The van der Waals surface area contributed by atoms with Crippen LogP contribution in [0.4, 0.5) is 0 Å². The van der Waals surface area contributed by atoms with Gasteiger partial charge >= 0.3 is 51.4 Å². The second-order valence-electron chi connectivity index (χ2n) is 7.27. The molecule has 0 saturated heterocycles. The number of amides is 1. The molecular formula is C22H42KNO. The van der Waals surface area contributed by atoms with E-state index in [9.17, 15) is 4.79 Å². The first-order valence-electron chi connectivity index (χ1n) is 10.6. The maximum absolute atomic E-state index is 11.2. The van der Waals surface area contributed by atoms with Crippen molar-refractivity contribution in [3.8, 4) is 0 Å². The summed E-state index contributed by atoms with van der Waals surface area (Å²) in [6, 6.07) is 0. The van der Waals surface area contributed by atoms with Gasteiger partial charge in [-0.2, -0.15) is 0 Å². The third kappa shape index (κ3) is 22.8. The van der Waals surface area contributed by atoms with Gasteiger partial charge in [-0.3, -0.25) is 0 Å². The molecule has 0 bridgehead atoms. The Kier molecular flexibility index (Phi) is 25.7. The summed E-state index contributed by atoms with van der Waals surface area (Å²) in [6.45, 7) is 8.28. The van der Waals surface area contributed by atoms with Crippen molar-refractivity contribution in [3.05, 3.63) is 17.5 Å². The smallest absolute Gasteiger partial charge is 0.649 e. The Morgan fingerprint density at radius 1 is 0.680 bits per heavy atom. The van der Waals surface area contributed by atoms with Crippen molar-refractivity contribution >= 4 is 5.91 Å². The Hall–Kier alpha value is 0.846. The number of rotatable bonds is 18. The maximum atomic E-state index is 11.2. The molecule has 0 aliphatic carbocycles. The van der Waals surface area contributed by atoms with Crippen LogP contribution in [0.15, 0.2) is 12.2 Å². The van der Waals surface area contributed by atoms with Gasteiger partial charge in [-0.1, -0.05) is 116 Å². The van der Waals surface area contributed by atoms with Gasteiger partial charge in [-0.15, -0.1) is 6.54 Å². The SMILES string of the molecule is C=C(C)C(=O)[N-]CCCCCCCCCCCCCCCCCC.[K+]. The summed E-state index contributed by atoms with van der Waals surface area (Å²) < 4.78 is 0. The number of carbonyl (C=O) groups excluding carboxylic acids is 1. The van der Waals surface area contributed by atoms with E-state index in [1.54, 1.807) is 6.92 Å². The second-order valence-corrected chi connectivity index (χ2v) is 7.27. The predicted molar refractivity (Wildman–Crippen MR) is 108 cm³/mol. The monoisotopic (exact) mass is 375 g/mol. The molecule has 0 aliphatic rings. The molecule has 2 nitrogen and oxygen atoms in total. The Morgan fingerprint density at radius 2 is 1.00 bits per heavy atom. The zero-order chi connectivity index (χ0) is 17.9. The van der Waals surface area contributed by atoms with Crippen LogP contribution in [-0.2, 0) is 4.79 Å². The molecule has 0 radical (unpaired) electrons. The topological polar surface area (TPSA) is 31.2 Å². The molecule has 3 heteroatoms. The van der Waals surface area contributed by atoms with Gasteiger partial charge < -0.3 is 10.1 Å². The summed E-state index contributed by atoms with van der Waals surface area (Å²) >= 11 is 0. The largest absolute Gasteiger partial charge is 1.00 e. The van der Waals surface area contributed by atoms with Crippen molar-refractivity contribution < 1.29 is 56.2 Å². The molecule has 0 aromatic heterocycles. The fraction of sp³-hybridized carbons (Fsp3) is 0.864. The normalized spacial score (nSPS) is 10.3. The van der Waals surface area contributed by atoms with E-state index in [2.05, 4.69) is 18.8 Å². The van der Waals surface area contributed by atoms with Gasteiger partial charge in [0.05, 0.1) is 5.91 Å². The molecule has 0 aromatic rings. The number of unbranched alkanes of at least 4 members (excludes halogenated alkanes) is 15. The minimum absolute atomic E-state index is 0. The van der Waals surface area contributed by atoms with Gasteiger partial charge in [0.15, 0.2) is 0 Å². The molecule has 142 valence electrons. The average molecular weight is 376 g/mol. The van der Waals surface area contributed by atoms with Gasteiger partial charge in [-0.25, -0.2) is 0 Å². The first-order valence-corrected chi connectivity index (χ1v) is 10.6. The molecule has 25 heavy (non-hydrogen) atoms. The van der Waals surface area contributed by atoms with Gasteiger partial charge in [0, 0.05) is 0 Å². The molecule has 0 saturated carbocycles. The van der Waals surface area contributed by atoms with Gasteiger partial charge in [0.25, 0.3) is 0 Å². The molecule has 1 amide bonds. The van der Waals surface area contributed by atoms with E-state index in [4.69, 9.17) is 0 Å². The Labute approximate surface area is 200 Å². The number of carbonyl (C=O) groups is 1.